The molecule has 0 radical (unpaired) electrons. The van der Waals surface area contributed by atoms with E-state index < -0.39 is 0 Å². The molecule has 110 valence electrons. The van der Waals surface area contributed by atoms with E-state index in [1.807, 2.05) is 23.6 Å². The number of nitrogens with one attached hydrogen (secondary N) is 2. The van der Waals surface area contributed by atoms with Crippen molar-refractivity contribution in [3.05, 3.63) is 29.8 Å². The molecule has 2 N–H and O–H groups in total. The zero-order valence-corrected chi connectivity index (χ0v) is 13.0. The van der Waals surface area contributed by atoms with Crippen LogP contribution in [0.25, 0.3) is 10.6 Å². The van der Waals surface area contributed by atoms with Gasteiger partial charge in [-0.3, -0.25) is 0 Å². The molecule has 1 fully saturated rings. The van der Waals surface area contributed by atoms with Crippen molar-refractivity contribution in [2.75, 3.05) is 18.5 Å². The van der Waals surface area contributed by atoms with Crippen LogP contribution in [0.2, 0.25) is 0 Å². The lowest BCUT2D eigenvalue weighted by Crippen LogP contribution is -2.35. The van der Waals surface area contributed by atoms with Crippen molar-refractivity contribution in [3.8, 4) is 10.6 Å². The maximum absolute atomic E-state index is 5.54. The van der Waals surface area contributed by atoms with Gasteiger partial charge in [0.15, 0.2) is 5.11 Å². The molecule has 2 aromatic rings. The third-order valence-corrected chi connectivity index (χ3v) is 4.31. The van der Waals surface area contributed by atoms with Crippen LogP contribution in [0.1, 0.15) is 12.8 Å². The van der Waals surface area contributed by atoms with Crippen LogP contribution in [0.4, 0.5) is 5.95 Å². The summed E-state index contributed by atoms with van der Waals surface area (Å²) in [7, 11) is 0. The molecule has 0 amide bonds. The summed E-state index contributed by atoms with van der Waals surface area (Å²) in [5, 5.41) is 8.71. The van der Waals surface area contributed by atoms with Gasteiger partial charge in [0.25, 0.3) is 0 Å². The number of anilines is 1. The van der Waals surface area contributed by atoms with E-state index in [0.717, 1.165) is 36.6 Å². The van der Waals surface area contributed by atoms with E-state index in [9.17, 15) is 0 Å². The van der Waals surface area contributed by atoms with Crippen LogP contribution in [0.3, 0.4) is 0 Å². The first-order valence-corrected chi connectivity index (χ1v) is 8.13. The number of rotatable bonds is 4. The Morgan fingerprint density at radius 2 is 2.43 bits per heavy atom. The summed E-state index contributed by atoms with van der Waals surface area (Å²) in [6.45, 7) is 1.56. The molecule has 0 aromatic carbocycles. The van der Waals surface area contributed by atoms with Crippen LogP contribution in [-0.4, -0.2) is 34.3 Å². The highest BCUT2D eigenvalue weighted by Gasteiger charge is 2.15. The Labute approximate surface area is 132 Å². The quantitative estimate of drug-likeness (QED) is 0.845. The van der Waals surface area contributed by atoms with Crippen LogP contribution in [-0.2, 0) is 4.74 Å². The van der Waals surface area contributed by atoms with Gasteiger partial charge in [0.2, 0.25) is 5.95 Å². The smallest absolute Gasteiger partial charge is 0.229 e. The van der Waals surface area contributed by atoms with Crippen molar-refractivity contribution in [2.24, 2.45) is 0 Å². The lowest BCUT2D eigenvalue weighted by molar-refractivity contribution is 0.114. The Bertz CT molecular complexity index is 597. The minimum Gasteiger partial charge on any atom is -0.376 e. The van der Waals surface area contributed by atoms with Gasteiger partial charge in [-0.25, -0.2) is 9.97 Å². The summed E-state index contributed by atoms with van der Waals surface area (Å²) in [6, 6.07) is 5.92. The first kappa shape index (κ1) is 14.4. The maximum atomic E-state index is 5.54. The molecular formula is C14H16N4OS2. The van der Waals surface area contributed by atoms with Gasteiger partial charge < -0.3 is 15.4 Å². The molecule has 3 heterocycles. The fourth-order valence-corrected chi connectivity index (χ4v) is 3.01. The number of hydrogen-bond acceptors (Lipinski definition) is 5. The van der Waals surface area contributed by atoms with Crippen molar-refractivity contribution in [1.82, 2.24) is 15.3 Å². The second-order valence-electron chi connectivity index (χ2n) is 4.71. The summed E-state index contributed by atoms with van der Waals surface area (Å²) in [4.78, 5) is 9.77. The minimum absolute atomic E-state index is 0.253. The Kier molecular flexibility index (Phi) is 4.74. The zero-order chi connectivity index (χ0) is 14.5. The van der Waals surface area contributed by atoms with E-state index in [-0.39, 0.29) is 6.10 Å². The van der Waals surface area contributed by atoms with E-state index in [1.165, 1.54) is 0 Å². The van der Waals surface area contributed by atoms with Crippen LogP contribution in [0.15, 0.2) is 29.8 Å². The number of thiophene rings is 1. The van der Waals surface area contributed by atoms with Crippen molar-refractivity contribution >= 4 is 34.6 Å². The fraction of sp³-hybridized carbons (Fsp3) is 0.357. The van der Waals surface area contributed by atoms with Gasteiger partial charge in [-0.1, -0.05) is 6.07 Å². The van der Waals surface area contributed by atoms with Crippen molar-refractivity contribution in [2.45, 2.75) is 18.9 Å². The average molecular weight is 320 g/mol. The fourth-order valence-electron chi connectivity index (χ4n) is 2.14. The number of hydrogen-bond donors (Lipinski definition) is 2. The second kappa shape index (κ2) is 6.93. The predicted molar refractivity (Wildman–Crippen MR) is 88.5 cm³/mol. The molecule has 0 spiro atoms. The molecule has 0 aliphatic carbocycles. The van der Waals surface area contributed by atoms with Crippen LogP contribution in [0, 0.1) is 0 Å². The van der Waals surface area contributed by atoms with Crippen LogP contribution < -0.4 is 10.6 Å². The van der Waals surface area contributed by atoms with E-state index >= 15 is 0 Å². The number of thiocarbonyl (C=S) groups is 1. The summed E-state index contributed by atoms with van der Waals surface area (Å²) in [5.74, 6) is 0.505. The molecule has 1 unspecified atom stereocenters. The van der Waals surface area contributed by atoms with Gasteiger partial charge in [-0.05, 0) is 42.6 Å². The number of ether oxygens (including phenoxy) is 1. The molecule has 2 aromatic heterocycles. The van der Waals surface area contributed by atoms with Gasteiger partial charge in [-0.15, -0.1) is 11.3 Å². The second-order valence-corrected chi connectivity index (χ2v) is 6.07. The van der Waals surface area contributed by atoms with Crippen LogP contribution in [0.5, 0.6) is 0 Å². The lowest BCUT2D eigenvalue weighted by Gasteiger charge is -2.13. The van der Waals surface area contributed by atoms with E-state index in [4.69, 9.17) is 17.0 Å². The van der Waals surface area contributed by atoms with E-state index in [0.29, 0.717) is 11.1 Å². The van der Waals surface area contributed by atoms with Gasteiger partial charge in [-0.2, -0.15) is 0 Å². The van der Waals surface area contributed by atoms with E-state index in [2.05, 4.69) is 20.6 Å². The molecule has 3 rings (SSSR count). The molecule has 7 heteroatoms. The molecule has 1 atom stereocenters. The third kappa shape index (κ3) is 3.96. The van der Waals surface area contributed by atoms with Crippen molar-refractivity contribution in [1.29, 1.82) is 0 Å². The third-order valence-electron chi connectivity index (χ3n) is 3.17. The normalized spacial score (nSPS) is 17.6. The Hall–Kier alpha value is -1.57. The van der Waals surface area contributed by atoms with Gasteiger partial charge in [0.05, 0.1) is 16.7 Å². The summed E-state index contributed by atoms with van der Waals surface area (Å²) in [5.41, 5.74) is 0.893. The molecule has 1 aliphatic rings. The highest BCUT2D eigenvalue weighted by atomic mass is 32.1. The highest BCUT2D eigenvalue weighted by Crippen LogP contribution is 2.22. The first-order valence-electron chi connectivity index (χ1n) is 6.84. The standard InChI is InChI=1S/C14H16N4OS2/c20-14(16-9-10-3-1-7-19-10)18-13-15-6-5-11(17-13)12-4-2-8-21-12/h2,4-6,8,10H,1,3,7,9H2,(H2,15,16,17,18,20). The zero-order valence-electron chi connectivity index (χ0n) is 11.4. The topological polar surface area (TPSA) is 59.1 Å². The summed E-state index contributed by atoms with van der Waals surface area (Å²) >= 11 is 6.91. The SMILES string of the molecule is S=C(NCC1CCCO1)Nc1nccc(-c2cccs2)n1. The maximum Gasteiger partial charge on any atom is 0.229 e. The highest BCUT2D eigenvalue weighted by molar-refractivity contribution is 7.80. The molecule has 5 nitrogen and oxygen atoms in total. The lowest BCUT2D eigenvalue weighted by atomic mass is 10.2. The molecule has 0 bridgehead atoms. The van der Waals surface area contributed by atoms with Crippen molar-refractivity contribution in [3.63, 3.8) is 0 Å². The number of aromatic nitrogens is 2. The molecule has 1 saturated heterocycles. The van der Waals surface area contributed by atoms with E-state index in [1.54, 1.807) is 17.5 Å². The minimum atomic E-state index is 0.253. The van der Waals surface area contributed by atoms with Gasteiger partial charge in [0.1, 0.15) is 0 Å². The monoisotopic (exact) mass is 320 g/mol. The molecular weight excluding hydrogens is 304 g/mol. The Morgan fingerprint density at radius 1 is 1.48 bits per heavy atom. The average Bonchev–Trinajstić information content (AvgIpc) is 3.19. The van der Waals surface area contributed by atoms with Gasteiger partial charge in [0, 0.05) is 19.3 Å². The number of nitrogens with zero attached hydrogens (tertiary/aromatic N) is 2. The van der Waals surface area contributed by atoms with Gasteiger partial charge >= 0.3 is 0 Å². The summed E-state index contributed by atoms with van der Waals surface area (Å²) in [6.07, 6.45) is 4.19. The molecule has 21 heavy (non-hydrogen) atoms. The largest absolute Gasteiger partial charge is 0.376 e. The molecule has 0 saturated carbocycles. The summed E-state index contributed by atoms with van der Waals surface area (Å²) < 4.78 is 5.54. The predicted octanol–water partition coefficient (Wildman–Crippen LogP) is 2.67. The van der Waals surface area contributed by atoms with Crippen LogP contribution >= 0.6 is 23.6 Å². The molecule has 1 aliphatic heterocycles. The Morgan fingerprint density at radius 3 is 3.19 bits per heavy atom. The first-order chi connectivity index (χ1) is 10.3. The Balaban J connectivity index is 1.56. The van der Waals surface area contributed by atoms with Crippen molar-refractivity contribution < 1.29 is 4.74 Å².